The number of allylic oxidation sites excluding steroid dienone is 2. The van der Waals surface area contributed by atoms with Crippen molar-refractivity contribution < 1.29 is 15.0 Å². The Hall–Kier alpha value is -2.93. The third-order valence-corrected chi connectivity index (χ3v) is 4.17. The summed E-state index contributed by atoms with van der Waals surface area (Å²) in [5, 5.41) is 19.5. The molecule has 1 unspecified atom stereocenters. The molecule has 1 atom stereocenters. The minimum Gasteiger partial charge on any atom is -0.399 e. The Morgan fingerprint density at radius 1 is 1.04 bits per heavy atom. The Balaban J connectivity index is 2.09. The molecule has 25 heavy (non-hydrogen) atoms. The standard InChI is InChI=1S/C19H19N3O3/c20-13-6-4-11(5-7-13)18(23)17-14(2-1-3-15(17)21)12-8-9-19(24,25)16(22)10-12/h1-10,16,24-25H,20-22H2. The maximum absolute atomic E-state index is 12.9. The van der Waals surface area contributed by atoms with Crippen LogP contribution in [0.2, 0.25) is 0 Å². The van der Waals surface area contributed by atoms with E-state index in [2.05, 4.69) is 0 Å². The second-order valence-corrected chi connectivity index (χ2v) is 5.99. The third-order valence-electron chi connectivity index (χ3n) is 4.17. The van der Waals surface area contributed by atoms with Crippen molar-refractivity contribution in [2.45, 2.75) is 11.8 Å². The highest BCUT2D eigenvalue weighted by Crippen LogP contribution is 2.31. The molecule has 2 aromatic carbocycles. The lowest BCUT2D eigenvalue weighted by molar-refractivity contribution is -0.125. The van der Waals surface area contributed by atoms with Crippen molar-refractivity contribution in [2.75, 3.05) is 11.5 Å². The Morgan fingerprint density at radius 2 is 1.72 bits per heavy atom. The van der Waals surface area contributed by atoms with Gasteiger partial charge in [0, 0.05) is 16.9 Å². The van der Waals surface area contributed by atoms with Crippen molar-refractivity contribution in [3.05, 3.63) is 77.4 Å². The molecular formula is C19H19N3O3. The zero-order valence-electron chi connectivity index (χ0n) is 13.4. The largest absolute Gasteiger partial charge is 0.399 e. The smallest absolute Gasteiger partial charge is 0.202 e. The quantitative estimate of drug-likeness (QED) is 0.323. The fourth-order valence-corrected chi connectivity index (χ4v) is 2.72. The summed E-state index contributed by atoms with van der Waals surface area (Å²) in [6.45, 7) is 0. The molecule has 6 heteroatoms. The first-order valence-electron chi connectivity index (χ1n) is 7.70. The van der Waals surface area contributed by atoms with Crippen molar-refractivity contribution in [3.8, 4) is 0 Å². The molecule has 0 saturated heterocycles. The van der Waals surface area contributed by atoms with Crippen LogP contribution in [-0.2, 0) is 0 Å². The van der Waals surface area contributed by atoms with Gasteiger partial charge in [0.25, 0.3) is 0 Å². The van der Waals surface area contributed by atoms with E-state index in [9.17, 15) is 15.0 Å². The van der Waals surface area contributed by atoms with Crippen LogP contribution in [0, 0.1) is 0 Å². The average Bonchev–Trinajstić information content (AvgIpc) is 2.57. The summed E-state index contributed by atoms with van der Waals surface area (Å²) in [4.78, 5) is 12.9. The molecule has 0 saturated carbocycles. The second-order valence-electron chi connectivity index (χ2n) is 5.99. The minimum absolute atomic E-state index is 0.249. The highest BCUT2D eigenvalue weighted by atomic mass is 16.5. The van der Waals surface area contributed by atoms with Crippen LogP contribution in [0.25, 0.3) is 5.57 Å². The second kappa shape index (κ2) is 6.18. The van der Waals surface area contributed by atoms with E-state index in [4.69, 9.17) is 17.2 Å². The number of rotatable bonds is 3. The Morgan fingerprint density at radius 3 is 2.36 bits per heavy atom. The van der Waals surface area contributed by atoms with Crippen LogP contribution in [0.4, 0.5) is 11.4 Å². The summed E-state index contributed by atoms with van der Waals surface area (Å²) in [5.74, 6) is -2.37. The van der Waals surface area contributed by atoms with Crippen LogP contribution in [0.5, 0.6) is 0 Å². The van der Waals surface area contributed by atoms with Gasteiger partial charge in [-0.15, -0.1) is 0 Å². The molecule has 2 aromatic rings. The molecular weight excluding hydrogens is 318 g/mol. The van der Waals surface area contributed by atoms with E-state index in [1.807, 2.05) is 0 Å². The molecule has 0 spiro atoms. The first kappa shape index (κ1) is 16.9. The lowest BCUT2D eigenvalue weighted by atomic mass is 9.88. The highest BCUT2D eigenvalue weighted by molar-refractivity contribution is 6.15. The molecule has 0 amide bonds. The number of benzene rings is 2. The summed E-state index contributed by atoms with van der Waals surface area (Å²) in [5.41, 5.74) is 20.3. The van der Waals surface area contributed by atoms with Crippen LogP contribution in [-0.4, -0.2) is 27.8 Å². The summed E-state index contributed by atoms with van der Waals surface area (Å²) in [6.07, 6.45) is 4.19. The summed E-state index contributed by atoms with van der Waals surface area (Å²) in [6, 6.07) is 10.7. The van der Waals surface area contributed by atoms with Crippen LogP contribution in [0.3, 0.4) is 0 Å². The molecule has 0 aromatic heterocycles. The van der Waals surface area contributed by atoms with Gasteiger partial charge in [0.1, 0.15) is 0 Å². The number of hydrogen-bond donors (Lipinski definition) is 5. The Labute approximate surface area is 144 Å². The van der Waals surface area contributed by atoms with Crippen LogP contribution in [0.1, 0.15) is 21.5 Å². The normalized spacial score (nSPS) is 18.7. The topological polar surface area (TPSA) is 136 Å². The molecule has 1 aliphatic rings. The third kappa shape index (κ3) is 3.18. The first-order chi connectivity index (χ1) is 11.8. The van der Waals surface area contributed by atoms with Gasteiger partial charge in [0.15, 0.2) is 5.78 Å². The van der Waals surface area contributed by atoms with Crippen molar-refractivity contribution in [1.29, 1.82) is 0 Å². The van der Waals surface area contributed by atoms with E-state index >= 15 is 0 Å². The van der Waals surface area contributed by atoms with E-state index in [1.54, 1.807) is 42.5 Å². The summed E-state index contributed by atoms with van der Waals surface area (Å²) >= 11 is 0. The number of ketones is 1. The molecule has 0 bridgehead atoms. The number of hydrogen-bond acceptors (Lipinski definition) is 6. The van der Waals surface area contributed by atoms with Crippen molar-refractivity contribution in [2.24, 2.45) is 5.73 Å². The molecule has 0 heterocycles. The van der Waals surface area contributed by atoms with Gasteiger partial charge in [0.2, 0.25) is 5.79 Å². The lowest BCUT2D eigenvalue weighted by Crippen LogP contribution is -2.46. The fraction of sp³-hybridized carbons (Fsp3) is 0.105. The predicted molar refractivity (Wildman–Crippen MR) is 97.4 cm³/mol. The van der Waals surface area contributed by atoms with Crippen molar-refractivity contribution in [3.63, 3.8) is 0 Å². The average molecular weight is 337 g/mol. The van der Waals surface area contributed by atoms with Gasteiger partial charge in [-0.25, -0.2) is 0 Å². The zero-order valence-corrected chi connectivity index (χ0v) is 13.4. The van der Waals surface area contributed by atoms with Gasteiger partial charge in [-0.1, -0.05) is 24.3 Å². The van der Waals surface area contributed by atoms with Crippen LogP contribution >= 0.6 is 0 Å². The minimum atomic E-state index is -2.12. The van der Waals surface area contributed by atoms with E-state index in [-0.39, 0.29) is 5.78 Å². The van der Waals surface area contributed by atoms with Gasteiger partial charge in [0.05, 0.1) is 11.6 Å². The zero-order chi connectivity index (χ0) is 18.2. The van der Waals surface area contributed by atoms with Crippen LogP contribution < -0.4 is 17.2 Å². The molecule has 128 valence electrons. The number of carbonyl (C=O) groups excluding carboxylic acids is 1. The summed E-state index contributed by atoms with van der Waals surface area (Å²) < 4.78 is 0. The van der Waals surface area contributed by atoms with Gasteiger partial charge in [-0.05, 0) is 47.5 Å². The monoisotopic (exact) mass is 337 g/mol. The number of anilines is 2. The first-order valence-corrected chi connectivity index (χ1v) is 7.70. The van der Waals surface area contributed by atoms with Crippen molar-refractivity contribution in [1.82, 2.24) is 0 Å². The Kier molecular flexibility index (Phi) is 4.18. The molecule has 0 fully saturated rings. The SMILES string of the molecule is Nc1ccc(C(=O)c2c(N)cccc2C2=CC(N)C(O)(O)C=C2)cc1. The van der Waals surface area contributed by atoms with E-state index in [1.165, 1.54) is 18.2 Å². The van der Waals surface area contributed by atoms with E-state index in [0.29, 0.717) is 33.6 Å². The highest BCUT2D eigenvalue weighted by Gasteiger charge is 2.31. The molecule has 0 radical (unpaired) electrons. The number of carbonyl (C=O) groups is 1. The van der Waals surface area contributed by atoms with Gasteiger partial charge in [-0.2, -0.15) is 0 Å². The molecule has 8 N–H and O–H groups in total. The van der Waals surface area contributed by atoms with Crippen LogP contribution in [0.15, 0.2) is 60.7 Å². The predicted octanol–water partition coefficient (Wildman–Crippen LogP) is 1.04. The number of aliphatic hydroxyl groups is 2. The molecule has 0 aliphatic heterocycles. The fourth-order valence-electron chi connectivity index (χ4n) is 2.72. The molecule has 6 nitrogen and oxygen atoms in total. The Bertz CT molecular complexity index is 883. The van der Waals surface area contributed by atoms with Crippen molar-refractivity contribution >= 4 is 22.7 Å². The molecule has 1 aliphatic carbocycles. The van der Waals surface area contributed by atoms with Gasteiger partial charge < -0.3 is 27.4 Å². The number of nitrogen functional groups attached to an aromatic ring is 2. The van der Waals surface area contributed by atoms with E-state index < -0.39 is 11.8 Å². The van der Waals surface area contributed by atoms with Gasteiger partial charge in [-0.3, -0.25) is 4.79 Å². The van der Waals surface area contributed by atoms with Gasteiger partial charge >= 0.3 is 0 Å². The lowest BCUT2D eigenvalue weighted by Gasteiger charge is -2.27. The number of nitrogens with two attached hydrogens (primary N) is 3. The maximum atomic E-state index is 12.9. The van der Waals surface area contributed by atoms with E-state index in [0.717, 1.165) is 0 Å². The summed E-state index contributed by atoms with van der Waals surface area (Å²) in [7, 11) is 0. The maximum Gasteiger partial charge on any atom is 0.202 e. The molecule has 3 rings (SSSR count).